The predicted molar refractivity (Wildman–Crippen MR) is 82.9 cm³/mol. The minimum Gasteiger partial charge on any atom is -0.428 e. The molecule has 0 N–H and O–H groups in total. The van der Waals surface area contributed by atoms with Crippen LogP contribution in [0.4, 0.5) is 0 Å². The molecular formula is C12H23O3PSi2. The van der Waals surface area contributed by atoms with Crippen LogP contribution in [0.5, 0.6) is 5.75 Å². The van der Waals surface area contributed by atoms with Gasteiger partial charge in [-0.05, 0) is 51.4 Å². The third-order valence-corrected chi connectivity index (χ3v) is 7.55. The number of hydrogen-bond donors (Lipinski definition) is 0. The first-order chi connectivity index (χ1) is 8.16. The van der Waals surface area contributed by atoms with Gasteiger partial charge in [0, 0.05) is 0 Å². The maximum absolute atomic E-state index is 6.01. The Morgan fingerprint density at radius 2 is 1.22 bits per heavy atom. The molecular weight excluding hydrogens is 279 g/mol. The van der Waals surface area contributed by atoms with Gasteiger partial charge in [-0.25, -0.2) is 0 Å². The summed E-state index contributed by atoms with van der Waals surface area (Å²) in [5.41, 5.74) is 0. The van der Waals surface area contributed by atoms with E-state index in [9.17, 15) is 0 Å². The molecule has 0 aromatic heterocycles. The number of rotatable bonds is 6. The molecule has 0 spiro atoms. The quantitative estimate of drug-likeness (QED) is 0.547. The lowest BCUT2D eigenvalue weighted by Crippen LogP contribution is -2.29. The summed E-state index contributed by atoms with van der Waals surface area (Å²) in [6.45, 7) is 12.9. The highest BCUT2D eigenvalue weighted by Gasteiger charge is 2.30. The smallest absolute Gasteiger partial charge is 0.375 e. The van der Waals surface area contributed by atoms with Gasteiger partial charge in [-0.15, -0.1) is 0 Å². The second-order valence-corrected chi connectivity index (χ2v) is 16.6. The Balaban J connectivity index is 2.72. The van der Waals surface area contributed by atoms with Crippen LogP contribution in [-0.4, -0.2) is 16.6 Å². The number of benzene rings is 1. The average Bonchev–Trinajstić information content (AvgIpc) is 2.13. The van der Waals surface area contributed by atoms with E-state index in [1.165, 1.54) is 0 Å². The van der Waals surface area contributed by atoms with Gasteiger partial charge in [0.1, 0.15) is 5.75 Å². The Morgan fingerprint density at radius 3 is 1.61 bits per heavy atom. The average molecular weight is 302 g/mol. The lowest BCUT2D eigenvalue weighted by molar-refractivity contribution is 0.385. The van der Waals surface area contributed by atoms with Crippen molar-refractivity contribution in [2.24, 2.45) is 0 Å². The van der Waals surface area contributed by atoms with Crippen LogP contribution >= 0.6 is 8.60 Å². The summed E-state index contributed by atoms with van der Waals surface area (Å²) in [4.78, 5) is 0. The van der Waals surface area contributed by atoms with Gasteiger partial charge in [0.05, 0.1) is 0 Å². The van der Waals surface area contributed by atoms with Crippen molar-refractivity contribution in [2.45, 2.75) is 39.3 Å². The molecule has 0 fully saturated rings. The molecule has 18 heavy (non-hydrogen) atoms. The molecule has 0 amide bonds. The number of para-hydroxylation sites is 1. The van der Waals surface area contributed by atoms with Crippen molar-refractivity contribution >= 4 is 25.2 Å². The van der Waals surface area contributed by atoms with Crippen LogP contribution in [0.3, 0.4) is 0 Å². The lowest BCUT2D eigenvalue weighted by Gasteiger charge is -2.28. The normalized spacial score (nSPS) is 12.8. The van der Waals surface area contributed by atoms with Gasteiger partial charge in [-0.3, -0.25) is 0 Å². The van der Waals surface area contributed by atoms with E-state index >= 15 is 0 Å². The van der Waals surface area contributed by atoms with Crippen LogP contribution < -0.4 is 4.52 Å². The molecule has 0 unspecified atom stereocenters. The third kappa shape index (κ3) is 7.29. The molecule has 1 rings (SSSR count). The molecule has 102 valence electrons. The van der Waals surface area contributed by atoms with Crippen LogP contribution in [0.2, 0.25) is 39.3 Å². The topological polar surface area (TPSA) is 27.7 Å². The zero-order valence-corrected chi connectivity index (χ0v) is 15.0. The highest BCUT2D eigenvalue weighted by molar-refractivity contribution is 7.46. The minimum atomic E-state index is -1.67. The van der Waals surface area contributed by atoms with Crippen molar-refractivity contribution in [3.63, 3.8) is 0 Å². The van der Waals surface area contributed by atoms with Crippen LogP contribution in [0, 0.1) is 0 Å². The van der Waals surface area contributed by atoms with Gasteiger partial charge in [0.15, 0.2) is 16.6 Å². The van der Waals surface area contributed by atoms with Crippen LogP contribution in [0.1, 0.15) is 0 Å². The van der Waals surface area contributed by atoms with Crippen molar-refractivity contribution in [2.75, 3.05) is 0 Å². The summed E-state index contributed by atoms with van der Waals surface area (Å²) in [5.74, 6) is 0.806. The SMILES string of the molecule is C[Si](C)(C)OP(Oc1ccccc1)O[Si](C)(C)C. The first-order valence-corrected chi connectivity index (χ1v) is 14.0. The Hall–Kier alpha value is -0.196. The summed E-state index contributed by atoms with van der Waals surface area (Å²) in [6, 6.07) is 9.72. The van der Waals surface area contributed by atoms with E-state index in [4.69, 9.17) is 12.9 Å². The lowest BCUT2D eigenvalue weighted by atomic mass is 10.3. The van der Waals surface area contributed by atoms with Crippen LogP contribution in [-0.2, 0) is 8.43 Å². The van der Waals surface area contributed by atoms with Gasteiger partial charge in [0.2, 0.25) is 0 Å². The molecule has 0 radical (unpaired) electrons. The van der Waals surface area contributed by atoms with Crippen molar-refractivity contribution in [1.29, 1.82) is 0 Å². The van der Waals surface area contributed by atoms with E-state index < -0.39 is 25.2 Å². The fourth-order valence-electron chi connectivity index (χ4n) is 1.07. The Labute approximate surface area is 114 Å². The Kier molecular flexibility index (Phi) is 5.55. The van der Waals surface area contributed by atoms with Crippen molar-refractivity contribution in [3.8, 4) is 5.75 Å². The summed E-state index contributed by atoms with van der Waals surface area (Å²) < 4.78 is 17.9. The molecule has 0 atom stereocenters. The molecule has 1 aromatic carbocycles. The predicted octanol–water partition coefficient (Wildman–Crippen LogP) is 5.00. The molecule has 0 saturated heterocycles. The molecule has 0 bridgehead atoms. The monoisotopic (exact) mass is 302 g/mol. The highest BCUT2D eigenvalue weighted by Crippen LogP contribution is 2.45. The summed E-state index contributed by atoms with van der Waals surface area (Å²) in [7, 11) is -4.64. The first-order valence-electron chi connectivity index (χ1n) is 6.07. The molecule has 0 aliphatic carbocycles. The molecule has 0 heterocycles. The van der Waals surface area contributed by atoms with E-state index in [1.54, 1.807) is 0 Å². The van der Waals surface area contributed by atoms with E-state index in [0.29, 0.717) is 0 Å². The standard InChI is InChI=1S/C12H23O3PSi2/c1-17(2,3)14-16(15-18(4,5)6)13-12-10-8-7-9-11-12/h7-11H,1-6H3. The molecule has 3 nitrogen and oxygen atoms in total. The largest absolute Gasteiger partial charge is 0.428 e. The fourth-order valence-corrected chi connectivity index (χ4v) is 5.72. The van der Waals surface area contributed by atoms with Crippen molar-refractivity contribution < 1.29 is 12.9 Å². The molecule has 1 aromatic rings. The number of hydrogen-bond acceptors (Lipinski definition) is 3. The molecule has 0 aliphatic heterocycles. The van der Waals surface area contributed by atoms with Crippen LogP contribution in [0.15, 0.2) is 30.3 Å². The van der Waals surface area contributed by atoms with Crippen LogP contribution in [0.25, 0.3) is 0 Å². The minimum absolute atomic E-state index is 0.806. The zero-order valence-electron chi connectivity index (χ0n) is 12.1. The van der Waals surface area contributed by atoms with Gasteiger partial charge in [0.25, 0.3) is 0 Å². The summed E-state index contributed by atoms with van der Waals surface area (Å²) in [5, 5.41) is 0. The molecule has 0 aliphatic rings. The second-order valence-electron chi connectivity index (χ2n) is 6.04. The Bertz CT molecular complexity index is 344. The Morgan fingerprint density at radius 1 is 0.778 bits per heavy atom. The first kappa shape index (κ1) is 15.9. The summed E-state index contributed by atoms with van der Waals surface area (Å²) in [6.07, 6.45) is 0. The van der Waals surface area contributed by atoms with E-state index in [2.05, 4.69) is 39.3 Å². The van der Waals surface area contributed by atoms with Crippen molar-refractivity contribution in [1.82, 2.24) is 0 Å². The molecule has 6 heteroatoms. The highest BCUT2D eigenvalue weighted by atomic mass is 31.2. The zero-order chi connectivity index (χ0) is 13.8. The van der Waals surface area contributed by atoms with Gasteiger partial charge in [-0.2, -0.15) is 0 Å². The second kappa shape index (κ2) is 6.30. The third-order valence-electron chi connectivity index (χ3n) is 1.62. The summed E-state index contributed by atoms with van der Waals surface area (Å²) >= 11 is 0. The van der Waals surface area contributed by atoms with Gasteiger partial charge in [-0.1, -0.05) is 18.2 Å². The molecule has 0 saturated carbocycles. The van der Waals surface area contributed by atoms with Gasteiger partial charge >= 0.3 is 8.60 Å². The van der Waals surface area contributed by atoms with E-state index in [1.807, 2.05) is 30.3 Å². The maximum Gasteiger partial charge on any atom is 0.375 e. The fraction of sp³-hybridized carbons (Fsp3) is 0.500. The maximum atomic E-state index is 6.01. The van der Waals surface area contributed by atoms with Gasteiger partial charge < -0.3 is 12.9 Å². The van der Waals surface area contributed by atoms with Crippen molar-refractivity contribution in [3.05, 3.63) is 30.3 Å². The van der Waals surface area contributed by atoms with E-state index in [0.717, 1.165) is 5.75 Å². The van der Waals surface area contributed by atoms with E-state index in [-0.39, 0.29) is 0 Å².